The first kappa shape index (κ1) is 16.5. The number of carbonyl (C=O) groups excluding carboxylic acids is 1. The van der Waals surface area contributed by atoms with Gasteiger partial charge in [-0.2, -0.15) is 0 Å². The molecule has 0 aromatic heterocycles. The van der Waals surface area contributed by atoms with Crippen molar-refractivity contribution in [3.63, 3.8) is 0 Å². The Balaban J connectivity index is 1.70. The van der Waals surface area contributed by atoms with E-state index >= 15 is 0 Å². The zero-order chi connectivity index (χ0) is 13.8. The first-order valence-corrected chi connectivity index (χ1v) is 8.33. The van der Waals surface area contributed by atoms with Gasteiger partial charge in [-0.15, -0.1) is 0 Å². The van der Waals surface area contributed by atoms with Gasteiger partial charge in [0.25, 0.3) is 0 Å². The molecule has 3 heteroatoms. The van der Waals surface area contributed by atoms with Crippen LogP contribution in [-0.4, -0.2) is 25.0 Å². The van der Waals surface area contributed by atoms with Crippen molar-refractivity contribution in [1.82, 2.24) is 10.6 Å². The van der Waals surface area contributed by atoms with E-state index in [-0.39, 0.29) is 5.91 Å². The zero-order valence-electron chi connectivity index (χ0n) is 12.7. The number of rotatable bonds is 13. The fourth-order valence-corrected chi connectivity index (χ4v) is 2.24. The van der Waals surface area contributed by atoms with Gasteiger partial charge >= 0.3 is 0 Å². The van der Waals surface area contributed by atoms with Crippen molar-refractivity contribution < 1.29 is 4.79 Å². The molecule has 1 aliphatic carbocycles. The molecule has 0 aromatic rings. The normalized spacial score (nSPS) is 14.6. The lowest BCUT2D eigenvalue weighted by Crippen LogP contribution is -2.29. The van der Waals surface area contributed by atoms with E-state index in [2.05, 4.69) is 17.6 Å². The molecule has 0 unspecified atom stereocenters. The summed E-state index contributed by atoms with van der Waals surface area (Å²) in [4.78, 5) is 11.4. The molecule has 0 aromatic carbocycles. The summed E-state index contributed by atoms with van der Waals surface area (Å²) >= 11 is 0. The maximum absolute atomic E-state index is 11.4. The summed E-state index contributed by atoms with van der Waals surface area (Å²) in [6.07, 6.45) is 13.9. The minimum atomic E-state index is 0.214. The summed E-state index contributed by atoms with van der Waals surface area (Å²) in [5.74, 6) is 0.214. The van der Waals surface area contributed by atoms with Gasteiger partial charge < -0.3 is 10.6 Å². The summed E-state index contributed by atoms with van der Waals surface area (Å²) in [5, 5.41) is 6.37. The van der Waals surface area contributed by atoms with Gasteiger partial charge in [-0.3, -0.25) is 4.79 Å². The first-order chi connectivity index (χ1) is 9.33. The molecule has 0 radical (unpaired) electrons. The third kappa shape index (κ3) is 11.0. The molecule has 112 valence electrons. The van der Waals surface area contributed by atoms with Crippen LogP contribution in [0.5, 0.6) is 0 Å². The molecule has 0 saturated heterocycles. The SMILES string of the molecule is CCCCCCCCCCNCCC(=O)NC1CC1. The van der Waals surface area contributed by atoms with Crippen molar-refractivity contribution in [3.05, 3.63) is 0 Å². The highest BCUT2D eigenvalue weighted by Gasteiger charge is 2.22. The van der Waals surface area contributed by atoms with Crippen LogP contribution in [0, 0.1) is 0 Å². The van der Waals surface area contributed by atoms with Gasteiger partial charge in [-0.25, -0.2) is 0 Å². The largest absolute Gasteiger partial charge is 0.353 e. The molecule has 2 N–H and O–H groups in total. The van der Waals surface area contributed by atoms with Gasteiger partial charge in [-0.05, 0) is 25.8 Å². The smallest absolute Gasteiger partial charge is 0.221 e. The predicted molar refractivity (Wildman–Crippen MR) is 81.3 cm³/mol. The fourth-order valence-electron chi connectivity index (χ4n) is 2.24. The van der Waals surface area contributed by atoms with Crippen LogP contribution >= 0.6 is 0 Å². The molecule has 1 fully saturated rings. The fraction of sp³-hybridized carbons (Fsp3) is 0.938. The van der Waals surface area contributed by atoms with E-state index in [4.69, 9.17) is 0 Å². The molecule has 3 nitrogen and oxygen atoms in total. The quantitative estimate of drug-likeness (QED) is 0.503. The zero-order valence-corrected chi connectivity index (χ0v) is 12.7. The van der Waals surface area contributed by atoms with Crippen LogP contribution in [0.4, 0.5) is 0 Å². The molecule has 1 aliphatic rings. The predicted octanol–water partition coefficient (Wildman–Crippen LogP) is 3.39. The molecule has 1 amide bonds. The van der Waals surface area contributed by atoms with Crippen LogP contribution < -0.4 is 10.6 Å². The van der Waals surface area contributed by atoms with E-state index < -0.39 is 0 Å². The van der Waals surface area contributed by atoms with Crippen LogP contribution in [0.3, 0.4) is 0 Å². The summed E-state index contributed by atoms with van der Waals surface area (Å²) in [5.41, 5.74) is 0. The molecule has 19 heavy (non-hydrogen) atoms. The van der Waals surface area contributed by atoms with Gasteiger partial charge in [0.2, 0.25) is 5.91 Å². The Morgan fingerprint density at radius 2 is 1.58 bits per heavy atom. The van der Waals surface area contributed by atoms with E-state index in [0.29, 0.717) is 12.5 Å². The maximum Gasteiger partial charge on any atom is 0.221 e. The van der Waals surface area contributed by atoms with Gasteiger partial charge in [0.15, 0.2) is 0 Å². The second-order valence-corrected chi connectivity index (χ2v) is 5.82. The van der Waals surface area contributed by atoms with Crippen LogP contribution in [-0.2, 0) is 4.79 Å². The van der Waals surface area contributed by atoms with Crippen molar-refractivity contribution in [2.24, 2.45) is 0 Å². The number of nitrogens with one attached hydrogen (secondary N) is 2. The van der Waals surface area contributed by atoms with Crippen LogP contribution in [0.25, 0.3) is 0 Å². The maximum atomic E-state index is 11.4. The van der Waals surface area contributed by atoms with Crippen molar-refractivity contribution in [1.29, 1.82) is 0 Å². The molecular weight excluding hydrogens is 236 g/mol. The van der Waals surface area contributed by atoms with Crippen LogP contribution in [0.2, 0.25) is 0 Å². The molecule has 0 atom stereocenters. The third-order valence-corrected chi connectivity index (χ3v) is 3.68. The molecule has 0 spiro atoms. The number of unbranched alkanes of at least 4 members (excludes halogenated alkanes) is 7. The van der Waals surface area contributed by atoms with Crippen molar-refractivity contribution in [3.8, 4) is 0 Å². The molecule has 1 rings (SSSR count). The summed E-state index contributed by atoms with van der Waals surface area (Å²) < 4.78 is 0. The standard InChI is InChI=1S/C16H32N2O/c1-2-3-4-5-6-7-8-9-13-17-14-12-16(19)18-15-10-11-15/h15,17H,2-14H2,1H3,(H,18,19). The van der Waals surface area contributed by atoms with Gasteiger partial charge in [0, 0.05) is 19.0 Å². The third-order valence-electron chi connectivity index (χ3n) is 3.68. The lowest BCUT2D eigenvalue weighted by molar-refractivity contribution is -0.121. The van der Waals surface area contributed by atoms with Gasteiger partial charge in [0.05, 0.1) is 0 Å². The molecule has 0 heterocycles. The average Bonchev–Trinajstić information content (AvgIpc) is 3.20. The Bertz CT molecular complexity index is 227. The lowest BCUT2D eigenvalue weighted by atomic mass is 10.1. The molecule has 1 saturated carbocycles. The van der Waals surface area contributed by atoms with E-state index in [1.165, 1.54) is 64.2 Å². The lowest BCUT2D eigenvalue weighted by Gasteiger charge is -2.05. The summed E-state index contributed by atoms with van der Waals surface area (Å²) in [6.45, 7) is 4.15. The monoisotopic (exact) mass is 268 g/mol. The van der Waals surface area contributed by atoms with Crippen LogP contribution in [0.15, 0.2) is 0 Å². The highest BCUT2D eigenvalue weighted by atomic mass is 16.1. The molecular formula is C16H32N2O. The van der Waals surface area contributed by atoms with E-state index in [1.807, 2.05) is 0 Å². The second-order valence-electron chi connectivity index (χ2n) is 5.82. The number of hydrogen-bond acceptors (Lipinski definition) is 2. The first-order valence-electron chi connectivity index (χ1n) is 8.33. The van der Waals surface area contributed by atoms with Gasteiger partial charge in [-0.1, -0.05) is 51.9 Å². The Morgan fingerprint density at radius 3 is 2.21 bits per heavy atom. The Hall–Kier alpha value is -0.570. The van der Waals surface area contributed by atoms with E-state index in [0.717, 1.165) is 13.1 Å². The number of carbonyl (C=O) groups is 1. The van der Waals surface area contributed by atoms with Gasteiger partial charge in [0.1, 0.15) is 0 Å². The highest BCUT2D eigenvalue weighted by molar-refractivity contribution is 5.76. The highest BCUT2D eigenvalue weighted by Crippen LogP contribution is 2.18. The van der Waals surface area contributed by atoms with Crippen molar-refractivity contribution >= 4 is 5.91 Å². The molecule has 0 bridgehead atoms. The van der Waals surface area contributed by atoms with E-state index in [1.54, 1.807) is 0 Å². The van der Waals surface area contributed by atoms with E-state index in [9.17, 15) is 4.79 Å². The Morgan fingerprint density at radius 1 is 0.947 bits per heavy atom. The minimum Gasteiger partial charge on any atom is -0.353 e. The average molecular weight is 268 g/mol. The number of hydrogen-bond donors (Lipinski definition) is 2. The Labute approximate surface area is 118 Å². The van der Waals surface area contributed by atoms with Crippen molar-refractivity contribution in [2.75, 3.05) is 13.1 Å². The minimum absolute atomic E-state index is 0.214. The topological polar surface area (TPSA) is 41.1 Å². The summed E-state index contributed by atoms with van der Waals surface area (Å²) in [7, 11) is 0. The Kier molecular flexibility index (Phi) is 9.78. The van der Waals surface area contributed by atoms with Crippen molar-refractivity contribution in [2.45, 2.75) is 83.6 Å². The second kappa shape index (κ2) is 11.3. The summed E-state index contributed by atoms with van der Waals surface area (Å²) in [6, 6.07) is 0.500. The van der Waals surface area contributed by atoms with Crippen LogP contribution in [0.1, 0.15) is 77.6 Å². The molecule has 0 aliphatic heterocycles. The number of amides is 1.